The van der Waals surface area contributed by atoms with Crippen molar-refractivity contribution < 1.29 is 0 Å². The minimum Gasteiger partial charge on any atom is -0.310 e. The van der Waals surface area contributed by atoms with E-state index in [1.54, 1.807) is 12.4 Å². The number of nitrogens with one attached hydrogen (secondary N) is 1. The van der Waals surface area contributed by atoms with E-state index in [-0.39, 0.29) is 5.54 Å². The summed E-state index contributed by atoms with van der Waals surface area (Å²) in [6.07, 6.45) is 3.44. The van der Waals surface area contributed by atoms with Crippen molar-refractivity contribution in [2.45, 2.75) is 26.3 Å². The second-order valence-electron chi connectivity index (χ2n) is 3.37. The molecule has 1 heterocycles. The monoisotopic (exact) mass is 165 g/mol. The van der Waals surface area contributed by atoms with E-state index in [0.717, 1.165) is 11.4 Å². The Kier molecular flexibility index (Phi) is 2.43. The van der Waals surface area contributed by atoms with Gasteiger partial charge in [0.1, 0.15) is 0 Å². The van der Waals surface area contributed by atoms with Gasteiger partial charge in [0, 0.05) is 12.4 Å². The van der Waals surface area contributed by atoms with Gasteiger partial charge in [0.2, 0.25) is 0 Å². The molecule has 1 aromatic rings. The first kappa shape index (κ1) is 9.13. The Morgan fingerprint density at radius 3 is 2.33 bits per heavy atom. The molecule has 1 rings (SSSR count). The van der Waals surface area contributed by atoms with Crippen molar-refractivity contribution in [3.63, 3.8) is 0 Å². The fourth-order valence-electron chi connectivity index (χ4n) is 1.14. The van der Waals surface area contributed by atoms with Crippen LogP contribution in [0.2, 0.25) is 0 Å². The van der Waals surface area contributed by atoms with Crippen LogP contribution in [0.5, 0.6) is 0 Å². The van der Waals surface area contributed by atoms with Crippen molar-refractivity contribution in [2.75, 3.05) is 7.05 Å². The molecule has 3 nitrogen and oxygen atoms in total. The van der Waals surface area contributed by atoms with E-state index < -0.39 is 0 Å². The molecule has 66 valence electrons. The van der Waals surface area contributed by atoms with Crippen LogP contribution in [0.3, 0.4) is 0 Å². The Morgan fingerprint density at radius 2 is 1.83 bits per heavy atom. The summed E-state index contributed by atoms with van der Waals surface area (Å²) in [4.78, 5) is 8.49. The van der Waals surface area contributed by atoms with E-state index in [1.807, 2.05) is 14.0 Å². The predicted octanol–water partition coefficient (Wildman–Crippen LogP) is 1.24. The van der Waals surface area contributed by atoms with E-state index in [4.69, 9.17) is 0 Å². The summed E-state index contributed by atoms with van der Waals surface area (Å²) in [5.41, 5.74) is 1.89. The zero-order chi connectivity index (χ0) is 9.19. The standard InChI is InChI=1S/C9H15N3/c1-7-8(9(2,3)10-4)12-6-5-11-7/h5-6,10H,1-4H3. The maximum absolute atomic E-state index is 4.30. The SMILES string of the molecule is CNC(C)(C)c1nccnc1C. The molecule has 0 aliphatic heterocycles. The van der Waals surface area contributed by atoms with Crippen LogP contribution in [0.1, 0.15) is 25.2 Å². The lowest BCUT2D eigenvalue weighted by Crippen LogP contribution is -2.35. The van der Waals surface area contributed by atoms with Gasteiger partial charge in [-0.05, 0) is 27.8 Å². The maximum Gasteiger partial charge on any atom is 0.0810 e. The minimum absolute atomic E-state index is 0.0989. The molecule has 0 bridgehead atoms. The Bertz CT molecular complexity index is 268. The molecule has 0 spiro atoms. The topological polar surface area (TPSA) is 37.8 Å². The third-order valence-electron chi connectivity index (χ3n) is 2.10. The molecule has 0 radical (unpaired) electrons. The van der Waals surface area contributed by atoms with E-state index >= 15 is 0 Å². The third kappa shape index (κ3) is 1.61. The molecule has 0 unspecified atom stereocenters. The van der Waals surface area contributed by atoms with Crippen LogP contribution in [-0.4, -0.2) is 17.0 Å². The Labute approximate surface area is 73.2 Å². The van der Waals surface area contributed by atoms with Gasteiger partial charge in [-0.1, -0.05) is 0 Å². The molecule has 0 aliphatic carbocycles. The van der Waals surface area contributed by atoms with E-state index in [1.165, 1.54) is 0 Å². The Morgan fingerprint density at radius 1 is 1.25 bits per heavy atom. The van der Waals surface area contributed by atoms with Crippen molar-refractivity contribution in [1.82, 2.24) is 15.3 Å². The second kappa shape index (κ2) is 3.19. The highest BCUT2D eigenvalue weighted by Crippen LogP contribution is 2.18. The van der Waals surface area contributed by atoms with Gasteiger partial charge in [-0.25, -0.2) is 0 Å². The largest absolute Gasteiger partial charge is 0.310 e. The molecule has 12 heavy (non-hydrogen) atoms. The summed E-state index contributed by atoms with van der Waals surface area (Å²) < 4.78 is 0. The van der Waals surface area contributed by atoms with Crippen molar-refractivity contribution >= 4 is 0 Å². The van der Waals surface area contributed by atoms with Crippen LogP contribution in [0, 0.1) is 6.92 Å². The smallest absolute Gasteiger partial charge is 0.0810 e. The van der Waals surface area contributed by atoms with Crippen LogP contribution in [-0.2, 0) is 5.54 Å². The number of hydrogen-bond donors (Lipinski definition) is 1. The molecule has 0 amide bonds. The summed E-state index contributed by atoms with van der Waals surface area (Å²) in [6.45, 7) is 6.15. The quantitative estimate of drug-likeness (QED) is 0.716. The van der Waals surface area contributed by atoms with Gasteiger partial charge >= 0.3 is 0 Å². The molecule has 0 aromatic carbocycles. The van der Waals surface area contributed by atoms with Gasteiger partial charge in [0.05, 0.1) is 16.9 Å². The predicted molar refractivity (Wildman–Crippen MR) is 48.9 cm³/mol. The summed E-state index contributed by atoms with van der Waals surface area (Å²) in [6, 6.07) is 0. The number of hydrogen-bond acceptors (Lipinski definition) is 3. The molecule has 0 fully saturated rings. The van der Waals surface area contributed by atoms with Crippen LogP contribution in [0.25, 0.3) is 0 Å². The average Bonchev–Trinajstić information content (AvgIpc) is 2.05. The number of nitrogens with zero attached hydrogens (tertiary/aromatic N) is 2. The lowest BCUT2D eigenvalue weighted by Gasteiger charge is -2.24. The normalized spacial score (nSPS) is 11.7. The molecule has 3 heteroatoms. The average molecular weight is 165 g/mol. The number of aryl methyl sites for hydroxylation is 1. The van der Waals surface area contributed by atoms with Gasteiger partial charge < -0.3 is 5.32 Å². The second-order valence-corrected chi connectivity index (χ2v) is 3.37. The zero-order valence-electron chi connectivity index (χ0n) is 8.05. The molecular formula is C9H15N3. The summed E-state index contributed by atoms with van der Waals surface area (Å²) in [7, 11) is 1.92. The zero-order valence-corrected chi connectivity index (χ0v) is 8.05. The third-order valence-corrected chi connectivity index (χ3v) is 2.10. The van der Waals surface area contributed by atoms with Crippen LogP contribution >= 0.6 is 0 Å². The van der Waals surface area contributed by atoms with E-state index in [9.17, 15) is 0 Å². The van der Waals surface area contributed by atoms with Crippen LogP contribution in [0.15, 0.2) is 12.4 Å². The first-order valence-corrected chi connectivity index (χ1v) is 4.05. The van der Waals surface area contributed by atoms with Gasteiger partial charge in [0.15, 0.2) is 0 Å². The maximum atomic E-state index is 4.30. The highest BCUT2D eigenvalue weighted by molar-refractivity contribution is 5.17. The van der Waals surface area contributed by atoms with Crippen molar-refractivity contribution in [1.29, 1.82) is 0 Å². The summed E-state index contributed by atoms with van der Waals surface area (Å²) >= 11 is 0. The lowest BCUT2D eigenvalue weighted by atomic mass is 9.99. The highest BCUT2D eigenvalue weighted by Gasteiger charge is 2.21. The molecule has 0 saturated heterocycles. The summed E-state index contributed by atoms with van der Waals surface area (Å²) in [5, 5.41) is 3.20. The minimum atomic E-state index is -0.0989. The highest BCUT2D eigenvalue weighted by atomic mass is 15.0. The van der Waals surface area contributed by atoms with E-state index in [0.29, 0.717) is 0 Å². The van der Waals surface area contributed by atoms with Gasteiger partial charge in [-0.2, -0.15) is 0 Å². The van der Waals surface area contributed by atoms with Gasteiger partial charge in [-0.3, -0.25) is 9.97 Å². The molecule has 0 aliphatic rings. The summed E-state index contributed by atoms with van der Waals surface area (Å²) in [5.74, 6) is 0. The fraction of sp³-hybridized carbons (Fsp3) is 0.556. The first-order valence-electron chi connectivity index (χ1n) is 4.05. The fourth-order valence-corrected chi connectivity index (χ4v) is 1.14. The van der Waals surface area contributed by atoms with Crippen molar-refractivity contribution in [2.24, 2.45) is 0 Å². The van der Waals surface area contributed by atoms with Crippen molar-refractivity contribution in [3.05, 3.63) is 23.8 Å². The van der Waals surface area contributed by atoms with E-state index in [2.05, 4.69) is 29.1 Å². The lowest BCUT2D eigenvalue weighted by molar-refractivity contribution is 0.426. The molecular weight excluding hydrogens is 150 g/mol. The number of rotatable bonds is 2. The van der Waals surface area contributed by atoms with Gasteiger partial charge in [0.25, 0.3) is 0 Å². The Hall–Kier alpha value is -0.960. The number of aromatic nitrogens is 2. The van der Waals surface area contributed by atoms with Crippen molar-refractivity contribution in [3.8, 4) is 0 Å². The molecule has 0 atom stereocenters. The van der Waals surface area contributed by atoms with Gasteiger partial charge in [-0.15, -0.1) is 0 Å². The Balaban J connectivity index is 3.10. The van der Waals surface area contributed by atoms with Crippen LogP contribution in [0.4, 0.5) is 0 Å². The first-order chi connectivity index (χ1) is 5.58. The molecule has 1 N–H and O–H groups in total. The molecule has 1 aromatic heterocycles. The molecule has 0 saturated carbocycles. The van der Waals surface area contributed by atoms with Crippen LogP contribution < -0.4 is 5.32 Å².